The molecule has 2 aliphatic heterocycles. The van der Waals surface area contributed by atoms with Crippen LogP contribution in [0.4, 0.5) is 9.18 Å². The van der Waals surface area contributed by atoms with Gasteiger partial charge < -0.3 is 10.2 Å². The Labute approximate surface area is 146 Å². The Hall–Kier alpha value is -2.44. The predicted molar refractivity (Wildman–Crippen MR) is 89.0 cm³/mol. The summed E-state index contributed by atoms with van der Waals surface area (Å²) in [5.74, 6) is -1.13. The lowest BCUT2D eigenvalue weighted by Crippen LogP contribution is -2.44. The van der Waals surface area contributed by atoms with E-state index in [-0.39, 0.29) is 12.5 Å². The largest absolute Gasteiger partial charge is 0.341 e. The molecule has 1 unspecified atom stereocenters. The van der Waals surface area contributed by atoms with Gasteiger partial charge in [0, 0.05) is 13.1 Å². The number of carbonyl (C=O) groups is 3. The first kappa shape index (κ1) is 17.4. The van der Waals surface area contributed by atoms with E-state index >= 15 is 0 Å². The molecule has 4 amide bonds. The third-order valence-electron chi connectivity index (χ3n) is 4.95. The number of halogens is 1. The van der Waals surface area contributed by atoms with Crippen molar-refractivity contribution in [2.45, 2.75) is 38.1 Å². The second-order valence-corrected chi connectivity index (χ2v) is 6.75. The zero-order valence-electron chi connectivity index (χ0n) is 14.3. The van der Waals surface area contributed by atoms with Gasteiger partial charge in [-0.3, -0.25) is 14.5 Å². The first-order valence-electron chi connectivity index (χ1n) is 8.60. The number of hydrogen-bond acceptors (Lipinski definition) is 3. The lowest BCUT2D eigenvalue weighted by atomic mass is 9.92. The Morgan fingerprint density at radius 3 is 2.32 bits per heavy atom. The van der Waals surface area contributed by atoms with E-state index in [1.807, 2.05) is 0 Å². The SMILES string of the molecule is CC1(c2ccc(F)cc2)NC(=O)N(CC(=O)N2CCCCCC2)C1=O. The standard InChI is InChI=1S/C18H22FN3O3/c1-18(13-6-8-14(19)9-7-13)16(24)22(17(25)20-18)12-15(23)21-10-4-2-3-5-11-21/h6-9H,2-5,10-12H2,1H3,(H,20,25). The maximum Gasteiger partial charge on any atom is 0.325 e. The normalized spacial score (nSPS) is 24.2. The summed E-state index contributed by atoms with van der Waals surface area (Å²) in [6.07, 6.45) is 4.07. The Morgan fingerprint density at radius 1 is 1.12 bits per heavy atom. The highest BCUT2D eigenvalue weighted by Crippen LogP contribution is 2.29. The zero-order valence-corrected chi connectivity index (χ0v) is 14.3. The number of urea groups is 1. The van der Waals surface area contributed by atoms with Crippen molar-refractivity contribution in [1.82, 2.24) is 15.1 Å². The van der Waals surface area contributed by atoms with Gasteiger partial charge in [-0.05, 0) is 37.5 Å². The molecule has 0 bridgehead atoms. The van der Waals surface area contributed by atoms with Gasteiger partial charge in [0.25, 0.3) is 5.91 Å². The molecule has 3 rings (SSSR count). The first-order chi connectivity index (χ1) is 11.9. The number of nitrogens with one attached hydrogen (secondary N) is 1. The molecule has 25 heavy (non-hydrogen) atoms. The van der Waals surface area contributed by atoms with Gasteiger partial charge in [0.2, 0.25) is 5.91 Å². The second kappa shape index (κ2) is 6.82. The highest BCUT2D eigenvalue weighted by molar-refractivity contribution is 6.09. The predicted octanol–water partition coefficient (Wildman–Crippen LogP) is 2.00. The third-order valence-corrected chi connectivity index (χ3v) is 4.95. The van der Waals surface area contributed by atoms with E-state index in [9.17, 15) is 18.8 Å². The summed E-state index contributed by atoms with van der Waals surface area (Å²) in [6.45, 7) is 2.63. The van der Waals surface area contributed by atoms with Gasteiger partial charge >= 0.3 is 6.03 Å². The molecular weight excluding hydrogens is 325 g/mol. The molecule has 2 aliphatic rings. The van der Waals surface area contributed by atoms with E-state index in [4.69, 9.17) is 0 Å². The lowest BCUT2D eigenvalue weighted by molar-refractivity contribution is -0.138. The minimum Gasteiger partial charge on any atom is -0.341 e. The summed E-state index contributed by atoms with van der Waals surface area (Å²) in [4.78, 5) is 40.2. The monoisotopic (exact) mass is 347 g/mol. The van der Waals surface area contributed by atoms with Crippen LogP contribution in [0.5, 0.6) is 0 Å². The molecule has 2 heterocycles. The maximum atomic E-state index is 13.1. The smallest absolute Gasteiger partial charge is 0.325 e. The fourth-order valence-electron chi connectivity index (χ4n) is 3.37. The Bertz CT molecular complexity index is 683. The summed E-state index contributed by atoms with van der Waals surface area (Å²) >= 11 is 0. The number of carbonyl (C=O) groups excluding carboxylic acids is 3. The van der Waals surface area contributed by atoms with Gasteiger partial charge in [0.05, 0.1) is 0 Å². The van der Waals surface area contributed by atoms with Gasteiger partial charge in [-0.15, -0.1) is 0 Å². The average molecular weight is 347 g/mol. The van der Waals surface area contributed by atoms with Crippen molar-refractivity contribution < 1.29 is 18.8 Å². The number of nitrogens with zero attached hydrogens (tertiary/aromatic N) is 2. The minimum absolute atomic E-state index is 0.214. The van der Waals surface area contributed by atoms with Crippen LogP contribution in [-0.4, -0.2) is 47.3 Å². The molecule has 2 saturated heterocycles. The van der Waals surface area contributed by atoms with Crippen molar-refractivity contribution in [1.29, 1.82) is 0 Å². The maximum absolute atomic E-state index is 13.1. The molecule has 7 heteroatoms. The fourth-order valence-corrected chi connectivity index (χ4v) is 3.37. The number of benzene rings is 1. The quantitative estimate of drug-likeness (QED) is 0.850. The molecule has 0 saturated carbocycles. The topological polar surface area (TPSA) is 69.7 Å². The van der Waals surface area contributed by atoms with Gasteiger partial charge in [-0.2, -0.15) is 0 Å². The van der Waals surface area contributed by atoms with Crippen LogP contribution in [0, 0.1) is 5.82 Å². The summed E-state index contributed by atoms with van der Waals surface area (Å²) in [6, 6.07) is 4.82. The van der Waals surface area contributed by atoms with Crippen LogP contribution >= 0.6 is 0 Å². The summed E-state index contributed by atoms with van der Waals surface area (Å²) < 4.78 is 13.1. The molecular formula is C18H22FN3O3. The first-order valence-corrected chi connectivity index (χ1v) is 8.60. The number of likely N-dealkylation sites (tertiary alicyclic amines) is 1. The Morgan fingerprint density at radius 2 is 1.72 bits per heavy atom. The van der Waals surface area contributed by atoms with Crippen LogP contribution in [-0.2, 0) is 15.1 Å². The summed E-state index contributed by atoms with van der Waals surface area (Å²) in [5, 5.41) is 2.63. The van der Waals surface area contributed by atoms with Crippen molar-refractivity contribution in [2.75, 3.05) is 19.6 Å². The van der Waals surface area contributed by atoms with Gasteiger partial charge in [0.1, 0.15) is 17.9 Å². The van der Waals surface area contributed by atoms with Crippen molar-refractivity contribution in [3.05, 3.63) is 35.6 Å². The van der Waals surface area contributed by atoms with Crippen LogP contribution in [0.15, 0.2) is 24.3 Å². The lowest BCUT2D eigenvalue weighted by Gasteiger charge is -2.24. The van der Waals surface area contributed by atoms with E-state index in [0.29, 0.717) is 18.7 Å². The summed E-state index contributed by atoms with van der Waals surface area (Å²) in [7, 11) is 0. The van der Waals surface area contributed by atoms with Crippen molar-refractivity contribution in [3.8, 4) is 0 Å². The molecule has 6 nitrogen and oxygen atoms in total. The van der Waals surface area contributed by atoms with Crippen LogP contribution in [0.25, 0.3) is 0 Å². The number of imide groups is 1. The Kier molecular flexibility index (Phi) is 4.74. The molecule has 1 aromatic rings. The molecule has 0 radical (unpaired) electrons. The molecule has 2 fully saturated rings. The fraction of sp³-hybridized carbons (Fsp3) is 0.500. The van der Waals surface area contributed by atoms with E-state index in [1.54, 1.807) is 11.8 Å². The average Bonchev–Trinajstić information content (AvgIpc) is 2.81. The Balaban J connectivity index is 1.74. The van der Waals surface area contributed by atoms with Gasteiger partial charge in [0.15, 0.2) is 0 Å². The van der Waals surface area contributed by atoms with Crippen molar-refractivity contribution >= 4 is 17.8 Å². The third kappa shape index (κ3) is 3.36. The van der Waals surface area contributed by atoms with Crippen LogP contribution in [0.3, 0.4) is 0 Å². The van der Waals surface area contributed by atoms with Gasteiger partial charge in [-0.25, -0.2) is 9.18 Å². The van der Waals surface area contributed by atoms with Crippen molar-refractivity contribution in [3.63, 3.8) is 0 Å². The molecule has 1 N–H and O–H groups in total. The minimum atomic E-state index is -1.29. The second-order valence-electron chi connectivity index (χ2n) is 6.75. The van der Waals surface area contributed by atoms with Crippen molar-refractivity contribution in [2.24, 2.45) is 0 Å². The summed E-state index contributed by atoms with van der Waals surface area (Å²) in [5.41, 5.74) is -0.805. The van der Waals surface area contributed by atoms with E-state index in [0.717, 1.165) is 30.6 Å². The molecule has 0 spiro atoms. The molecule has 1 aromatic carbocycles. The molecule has 1 atom stereocenters. The van der Waals surface area contributed by atoms with E-state index in [2.05, 4.69) is 5.32 Å². The highest BCUT2D eigenvalue weighted by atomic mass is 19.1. The van der Waals surface area contributed by atoms with Crippen LogP contribution < -0.4 is 5.32 Å². The zero-order chi connectivity index (χ0) is 18.0. The number of rotatable bonds is 3. The number of hydrogen-bond donors (Lipinski definition) is 1. The molecule has 0 aromatic heterocycles. The molecule has 134 valence electrons. The van der Waals surface area contributed by atoms with Crippen LogP contribution in [0.2, 0.25) is 0 Å². The van der Waals surface area contributed by atoms with Gasteiger partial charge in [-0.1, -0.05) is 25.0 Å². The number of amides is 4. The highest BCUT2D eigenvalue weighted by Gasteiger charge is 2.49. The van der Waals surface area contributed by atoms with E-state index in [1.165, 1.54) is 24.3 Å². The molecule has 0 aliphatic carbocycles. The van der Waals surface area contributed by atoms with E-state index < -0.39 is 23.3 Å². The van der Waals surface area contributed by atoms with Crippen LogP contribution in [0.1, 0.15) is 38.2 Å².